The van der Waals surface area contributed by atoms with Crippen LogP contribution in [-0.2, 0) is 14.4 Å². The second-order valence-corrected chi connectivity index (χ2v) is 13.5. The second kappa shape index (κ2) is 15.8. The van der Waals surface area contributed by atoms with E-state index >= 15 is 0 Å². The van der Waals surface area contributed by atoms with E-state index in [1.807, 2.05) is 0 Å². The van der Waals surface area contributed by atoms with Crippen LogP contribution in [0.1, 0.15) is 72.6 Å². The molecule has 54 heavy (non-hydrogen) atoms. The molecule has 0 atom stereocenters. The van der Waals surface area contributed by atoms with Crippen molar-refractivity contribution in [3.63, 3.8) is 0 Å². The zero-order chi connectivity index (χ0) is 40.0. The first-order valence-corrected chi connectivity index (χ1v) is 16.3. The number of benzene rings is 4. The number of rotatable bonds is 15. The number of carbonyl (C=O) groups excluding carboxylic acids is 3. The Morgan fingerprint density at radius 1 is 0.407 bits per heavy atom. The highest BCUT2D eigenvalue weighted by atomic mass is 16.5. The molecule has 0 saturated heterocycles. The fraction of sp³-hybridized carbons (Fsp3) is 0.231. The maximum Gasteiger partial charge on any atom is 0.347 e. The molecule has 0 unspecified atom stereocenters. The van der Waals surface area contributed by atoms with Crippen LogP contribution in [-0.4, -0.2) is 67.8 Å². The first kappa shape index (κ1) is 39.9. The van der Waals surface area contributed by atoms with Gasteiger partial charge in [-0.15, -0.1) is 0 Å². The lowest BCUT2D eigenvalue weighted by atomic mass is 10.0. The molecule has 4 aromatic carbocycles. The van der Waals surface area contributed by atoms with Crippen molar-refractivity contribution in [1.29, 1.82) is 0 Å². The number of hydrogen-bond acceptors (Lipinski definition) is 9. The van der Waals surface area contributed by atoms with Crippen molar-refractivity contribution >= 4 is 52.7 Å². The van der Waals surface area contributed by atoms with Crippen molar-refractivity contribution < 1.29 is 58.3 Å². The lowest BCUT2D eigenvalue weighted by molar-refractivity contribution is -0.152. The molecule has 15 heteroatoms. The van der Waals surface area contributed by atoms with Crippen LogP contribution in [0.2, 0.25) is 0 Å². The van der Waals surface area contributed by atoms with Gasteiger partial charge in [-0.1, -0.05) is 0 Å². The molecule has 15 nitrogen and oxygen atoms in total. The Labute approximate surface area is 309 Å². The number of anilines is 3. The third-order valence-corrected chi connectivity index (χ3v) is 7.72. The molecule has 0 fully saturated rings. The van der Waals surface area contributed by atoms with Crippen LogP contribution in [0, 0.1) is 0 Å². The molecule has 0 heterocycles. The van der Waals surface area contributed by atoms with Gasteiger partial charge in [-0.25, -0.2) is 14.4 Å². The van der Waals surface area contributed by atoms with E-state index in [2.05, 4.69) is 16.0 Å². The van der Waals surface area contributed by atoms with Crippen LogP contribution in [0.4, 0.5) is 17.1 Å². The van der Waals surface area contributed by atoms with Gasteiger partial charge in [0.05, 0.1) is 0 Å². The van der Waals surface area contributed by atoms with E-state index in [0.29, 0.717) is 17.1 Å². The number of carboxylic acids is 3. The third kappa shape index (κ3) is 10.3. The summed E-state index contributed by atoms with van der Waals surface area (Å²) in [7, 11) is 0. The van der Waals surface area contributed by atoms with E-state index in [-0.39, 0.29) is 33.9 Å². The van der Waals surface area contributed by atoms with Gasteiger partial charge in [0.1, 0.15) is 17.2 Å². The van der Waals surface area contributed by atoms with Crippen LogP contribution in [0.3, 0.4) is 0 Å². The van der Waals surface area contributed by atoms with Gasteiger partial charge in [0.25, 0.3) is 17.7 Å². The first-order chi connectivity index (χ1) is 25.1. The summed E-state index contributed by atoms with van der Waals surface area (Å²) in [6.07, 6.45) is 0. The number of hydrogen-bond donors (Lipinski definition) is 6. The number of aliphatic carboxylic acids is 3. The quantitative estimate of drug-likeness (QED) is 0.0804. The van der Waals surface area contributed by atoms with Crippen molar-refractivity contribution in [3.8, 4) is 17.2 Å². The van der Waals surface area contributed by atoms with E-state index in [1.54, 1.807) is 0 Å². The molecule has 0 aliphatic heterocycles. The summed E-state index contributed by atoms with van der Waals surface area (Å²) >= 11 is 0. The molecule has 3 amide bonds. The number of carbonyl (C=O) groups is 6. The van der Waals surface area contributed by atoms with Gasteiger partial charge in [0.2, 0.25) is 0 Å². The van der Waals surface area contributed by atoms with Crippen molar-refractivity contribution in [3.05, 3.63) is 108 Å². The smallest absolute Gasteiger partial charge is 0.347 e. The fourth-order valence-electron chi connectivity index (χ4n) is 4.46. The van der Waals surface area contributed by atoms with E-state index in [1.165, 1.54) is 133 Å². The fourth-order valence-corrected chi connectivity index (χ4v) is 4.46. The average Bonchev–Trinajstić information content (AvgIpc) is 3.10. The van der Waals surface area contributed by atoms with Crippen LogP contribution < -0.4 is 30.2 Å². The highest BCUT2D eigenvalue weighted by molar-refractivity contribution is 6.13. The van der Waals surface area contributed by atoms with Gasteiger partial charge in [-0.05, 0) is 133 Å². The third-order valence-electron chi connectivity index (χ3n) is 7.72. The molecule has 6 N–H and O–H groups in total. The van der Waals surface area contributed by atoms with Crippen molar-refractivity contribution in [1.82, 2.24) is 0 Å². The van der Waals surface area contributed by atoms with E-state index in [0.717, 1.165) is 0 Å². The standard InChI is InChI=1S/C39H39N3O12/c1-37(2,34(46)47)52-28-13-7-25(8-14-28)40-31(43)22-19-23(32(44)41-26-9-15-29(16-10-26)53-38(3,4)35(48)49)21-24(20-22)33(45)42-27-11-17-30(18-12-27)54-39(5,6)36(50)51/h7-21H,1-6H3,(H,40,43)(H,41,44)(H,42,45)(H,46,47)(H,48,49)(H,50,51). The Morgan fingerprint density at radius 3 is 0.796 bits per heavy atom. The number of carboxylic acid groups (broad SMARTS) is 3. The maximum atomic E-state index is 13.5. The predicted octanol–water partition coefficient (Wildman–Crippen LogP) is 6.17. The topological polar surface area (TPSA) is 227 Å². The SMILES string of the molecule is CC(C)(Oc1ccc(NC(=O)c2cc(C(=O)Nc3ccc(OC(C)(C)C(=O)O)cc3)cc(C(=O)Nc3ccc(OC(C)(C)C(=O)O)cc3)c2)cc1)C(=O)O. The Hall–Kier alpha value is -6.90. The minimum atomic E-state index is -1.50. The van der Waals surface area contributed by atoms with Crippen molar-refractivity contribution in [2.24, 2.45) is 0 Å². The highest BCUT2D eigenvalue weighted by Gasteiger charge is 2.31. The second-order valence-electron chi connectivity index (χ2n) is 13.5. The summed E-state index contributed by atoms with van der Waals surface area (Å²) in [5, 5.41) is 36.1. The molecule has 0 radical (unpaired) electrons. The molecule has 0 aliphatic carbocycles. The van der Waals surface area contributed by atoms with Crippen molar-refractivity contribution in [2.75, 3.05) is 16.0 Å². The van der Waals surface area contributed by atoms with Gasteiger partial charge in [-0.3, -0.25) is 14.4 Å². The molecular formula is C39H39N3O12. The molecule has 0 bridgehead atoms. The minimum Gasteiger partial charge on any atom is -0.478 e. The minimum absolute atomic E-state index is 0.0561. The Kier molecular flexibility index (Phi) is 11.6. The molecule has 0 aliphatic rings. The van der Waals surface area contributed by atoms with Crippen LogP contribution >= 0.6 is 0 Å². The Bertz CT molecular complexity index is 1820. The molecule has 0 spiro atoms. The monoisotopic (exact) mass is 741 g/mol. The van der Waals surface area contributed by atoms with Crippen LogP contribution in [0.5, 0.6) is 17.2 Å². The largest absolute Gasteiger partial charge is 0.478 e. The van der Waals surface area contributed by atoms with Gasteiger partial charge < -0.3 is 45.5 Å². The summed E-state index contributed by atoms with van der Waals surface area (Å²) in [5.74, 6) is -4.80. The molecule has 282 valence electrons. The molecule has 0 aromatic heterocycles. The summed E-state index contributed by atoms with van der Waals surface area (Å²) < 4.78 is 16.5. The molecule has 4 rings (SSSR count). The first-order valence-electron chi connectivity index (χ1n) is 16.3. The van der Waals surface area contributed by atoms with E-state index in [4.69, 9.17) is 14.2 Å². The predicted molar refractivity (Wildman–Crippen MR) is 197 cm³/mol. The lowest BCUT2D eigenvalue weighted by Crippen LogP contribution is -2.37. The number of amides is 3. The van der Waals surface area contributed by atoms with E-state index < -0.39 is 52.4 Å². The maximum absolute atomic E-state index is 13.5. The highest BCUT2D eigenvalue weighted by Crippen LogP contribution is 2.25. The van der Waals surface area contributed by atoms with Crippen LogP contribution in [0.15, 0.2) is 91.0 Å². The van der Waals surface area contributed by atoms with E-state index in [9.17, 15) is 44.1 Å². The normalized spacial score (nSPS) is 11.4. The van der Waals surface area contributed by atoms with Crippen LogP contribution in [0.25, 0.3) is 0 Å². The average molecular weight is 742 g/mol. The van der Waals surface area contributed by atoms with Gasteiger partial charge in [0, 0.05) is 33.8 Å². The lowest BCUT2D eigenvalue weighted by Gasteiger charge is -2.21. The number of nitrogens with one attached hydrogen (secondary N) is 3. The van der Waals surface area contributed by atoms with Gasteiger partial charge in [-0.2, -0.15) is 0 Å². The number of ether oxygens (including phenoxy) is 3. The zero-order valence-corrected chi connectivity index (χ0v) is 30.2. The Balaban J connectivity index is 1.59. The molecular weight excluding hydrogens is 702 g/mol. The van der Waals surface area contributed by atoms with Gasteiger partial charge in [0.15, 0.2) is 16.8 Å². The summed E-state index contributed by atoms with van der Waals surface area (Å²) in [6.45, 7) is 8.34. The molecule has 4 aromatic rings. The van der Waals surface area contributed by atoms with Crippen molar-refractivity contribution in [2.45, 2.75) is 58.3 Å². The molecule has 0 saturated carbocycles. The van der Waals surface area contributed by atoms with Gasteiger partial charge >= 0.3 is 17.9 Å². The Morgan fingerprint density at radius 2 is 0.611 bits per heavy atom. The summed E-state index contributed by atoms with van der Waals surface area (Å²) in [6, 6.07) is 21.7. The summed E-state index contributed by atoms with van der Waals surface area (Å²) in [5.41, 5.74) is -3.73. The summed E-state index contributed by atoms with van der Waals surface area (Å²) in [4.78, 5) is 74.7. The zero-order valence-electron chi connectivity index (χ0n) is 30.2.